The van der Waals surface area contributed by atoms with Crippen LogP contribution in [0, 0.1) is 0 Å². The Morgan fingerprint density at radius 2 is 2.10 bits per heavy atom. The summed E-state index contributed by atoms with van der Waals surface area (Å²) in [5.41, 5.74) is 2.99. The topological polar surface area (TPSA) is 61.7 Å². The maximum absolute atomic E-state index is 11.5. The molecule has 0 fully saturated rings. The predicted octanol–water partition coefficient (Wildman–Crippen LogP) is 4.34. The highest BCUT2D eigenvalue weighted by Crippen LogP contribution is 2.30. The fourth-order valence-corrected chi connectivity index (χ4v) is 2.88. The fourth-order valence-electron chi connectivity index (χ4n) is 1.63. The highest BCUT2D eigenvalue weighted by molar-refractivity contribution is 9.11. The molecule has 4 nitrogen and oxygen atoms in total. The van der Waals surface area contributed by atoms with E-state index in [2.05, 4.69) is 49.3 Å². The van der Waals surface area contributed by atoms with Gasteiger partial charge >= 0.3 is 0 Å². The lowest BCUT2D eigenvalue weighted by molar-refractivity contribution is -0.121. The van der Waals surface area contributed by atoms with E-state index in [4.69, 9.17) is 0 Å². The molecule has 1 aromatic carbocycles. The zero-order chi connectivity index (χ0) is 15.0. The Morgan fingerprint density at radius 3 is 2.80 bits per heavy atom. The molecule has 2 N–H and O–H groups in total. The zero-order valence-corrected chi connectivity index (χ0v) is 14.5. The lowest BCUT2D eigenvalue weighted by atomic mass is 10.1. The number of benzene rings is 1. The van der Waals surface area contributed by atoms with Crippen molar-refractivity contribution < 1.29 is 9.90 Å². The maximum atomic E-state index is 11.5. The Hall–Kier alpha value is -0.880. The van der Waals surface area contributed by atoms with Crippen molar-refractivity contribution in [2.24, 2.45) is 5.10 Å². The van der Waals surface area contributed by atoms with Crippen molar-refractivity contribution in [3.05, 3.63) is 26.6 Å². The van der Waals surface area contributed by atoms with Gasteiger partial charge in [0.05, 0.1) is 10.7 Å². The van der Waals surface area contributed by atoms with Gasteiger partial charge in [0, 0.05) is 16.5 Å². The Kier molecular flexibility index (Phi) is 7.84. The second-order valence-electron chi connectivity index (χ2n) is 4.43. The average molecular weight is 406 g/mol. The van der Waals surface area contributed by atoms with Crippen LogP contribution in [-0.2, 0) is 4.79 Å². The van der Waals surface area contributed by atoms with E-state index in [1.54, 1.807) is 12.1 Å². The monoisotopic (exact) mass is 404 g/mol. The lowest BCUT2D eigenvalue weighted by Gasteiger charge is -2.03. The molecule has 0 saturated heterocycles. The minimum absolute atomic E-state index is 0.0918. The summed E-state index contributed by atoms with van der Waals surface area (Å²) in [5.74, 6) is -0.0138. The molecule has 0 saturated carbocycles. The number of aromatic hydroxyl groups is 1. The molecule has 1 rings (SSSR count). The van der Waals surface area contributed by atoms with Crippen molar-refractivity contribution in [2.75, 3.05) is 0 Å². The third-order valence-electron chi connectivity index (χ3n) is 2.71. The van der Waals surface area contributed by atoms with Crippen LogP contribution in [0.25, 0.3) is 0 Å². The molecule has 0 atom stereocenters. The molecule has 1 amide bonds. The number of carbonyl (C=O) groups excluding carboxylic acids is 1. The van der Waals surface area contributed by atoms with E-state index in [0.29, 0.717) is 16.5 Å². The molecule has 0 aliphatic rings. The van der Waals surface area contributed by atoms with Crippen LogP contribution < -0.4 is 5.43 Å². The van der Waals surface area contributed by atoms with Crippen LogP contribution in [-0.4, -0.2) is 17.2 Å². The number of rotatable bonds is 7. The second kappa shape index (κ2) is 9.13. The minimum Gasteiger partial charge on any atom is -0.506 e. The van der Waals surface area contributed by atoms with Gasteiger partial charge in [-0.3, -0.25) is 4.79 Å². The predicted molar refractivity (Wildman–Crippen MR) is 88.0 cm³/mol. The molecule has 20 heavy (non-hydrogen) atoms. The number of nitrogens with zero attached hydrogens (tertiary/aromatic N) is 1. The molecule has 0 unspecified atom stereocenters. The van der Waals surface area contributed by atoms with Crippen molar-refractivity contribution in [3.63, 3.8) is 0 Å². The van der Waals surface area contributed by atoms with Gasteiger partial charge in [0.15, 0.2) is 0 Å². The number of phenolic OH excluding ortho intramolecular Hbond substituents is 1. The van der Waals surface area contributed by atoms with Gasteiger partial charge in [0.1, 0.15) is 5.75 Å². The van der Waals surface area contributed by atoms with Crippen molar-refractivity contribution >= 4 is 44.0 Å². The van der Waals surface area contributed by atoms with Gasteiger partial charge in [-0.05, 0) is 34.5 Å². The first-order valence-electron chi connectivity index (χ1n) is 6.54. The summed E-state index contributed by atoms with van der Waals surface area (Å²) in [4.78, 5) is 11.5. The summed E-state index contributed by atoms with van der Waals surface area (Å²) in [5, 5.41) is 13.7. The molecule has 110 valence electrons. The van der Waals surface area contributed by atoms with E-state index in [-0.39, 0.29) is 11.7 Å². The van der Waals surface area contributed by atoms with Crippen LogP contribution in [0.2, 0.25) is 0 Å². The molecule has 0 aliphatic carbocycles. The number of unbranched alkanes of at least 4 members (excludes halogenated alkanes) is 3. The van der Waals surface area contributed by atoms with Gasteiger partial charge in [0.2, 0.25) is 5.91 Å². The summed E-state index contributed by atoms with van der Waals surface area (Å²) in [7, 11) is 0. The van der Waals surface area contributed by atoms with E-state index < -0.39 is 0 Å². The standard InChI is InChI=1S/C14H18Br2N2O2/c1-2-3-4-5-6-13(19)18-17-9-10-7-11(15)8-12(16)14(10)20/h7-9,20H,2-6H2,1H3,(H,18,19)/b17-9+. The van der Waals surface area contributed by atoms with E-state index in [0.717, 1.165) is 30.2 Å². The molecule has 1 aromatic rings. The third kappa shape index (κ3) is 6.05. The van der Waals surface area contributed by atoms with E-state index in [1.165, 1.54) is 6.21 Å². The SMILES string of the molecule is CCCCCCC(=O)N/N=C/c1cc(Br)cc(Br)c1O. The largest absolute Gasteiger partial charge is 0.506 e. The number of amides is 1. The Labute approximate surface area is 135 Å². The summed E-state index contributed by atoms with van der Waals surface area (Å²) in [6, 6.07) is 3.45. The van der Waals surface area contributed by atoms with Gasteiger partial charge in [0.25, 0.3) is 0 Å². The quantitative estimate of drug-likeness (QED) is 0.402. The first-order chi connectivity index (χ1) is 9.54. The molecule has 0 spiro atoms. The summed E-state index contributed by atoms with van der Waals surface area (Å²) < 4.78 is 1.38. The summed E-state index contributed by atoms with van der Waals surface area (Å²) in [6.07, 6.45) is 6.14. The van der Waals surface area contributed by atoms with Crippen molar-refractivity contribution in [1.82, 2.24) is 5.43 Å². The normalized spacial score (nSPS) is 10.9. The van der Waals surface area contributed by atoms with Gasteiger partial charge in [-0.1, -0.05) is 42.1 Å². The van der Waals surface area contributed by atoms with Gasteiger partial charge in [-0.15, -0.1) is 0 Å². The fraction of sp³-hybridized carbons (Fsp3) is 0.429. The van der Waals surface area contributed by atoms with Crippen molar-refractivity contribution in [1.29, 1.82) is 0 Å². The van der Waals surface area contributed by atoms with Gasteiger partial charge in [-0.2, -0.15) is 5.10 Å². The van der Waals surface area contributed by atoms with Crippen LogP contribution in [0.5, 0.6) is 5.75 Å². The number of halogens is 2. The lowest BCUT2D eigenvalue weighted by Crippen LogP contribution is -2.16. The highest BCUT2D eigenvalue weighted by atomic mass is 79.9. The molecular weight excluding hydrogens is 388 g/mol. The van der Waals surface area contributed by atoms with E-state index in [9.17, 15) is 9.90 Å². The molecule has 0 radical (unpaired) electrons. The number of hydrogen-bond donors (Lipinski definition) is 2. The Morgan fingerprint density at radius 1 is 1.35 bits per heavy atom. The second-order valence-corrected chi connectivity index (χ2v) is 6.20. The van der Waals surface area contributed by atoms with Crippen molar-refractivity contribution in [2.45, 2.75) is 39.0 Å². The molecule has 0 bridgehead atoms. The third-order valence-corrected chi connectivity index (χ3v) is 3.77. The Bertz CT molecular complexity index is 490. The molecule has 0 aromatic heterocycles. The molecule has 6 heteroatoms. The molecular formula is C14H18Br2N2O2. The van der Waals surface area contributed by atoms with Crippen LogP contribution >= 0.6 is 31.9 Å². The number of hydrogen-bond acceptors (Lipinski definition) is 3. The van der Waals surface area contributed by atoms with Crippen LogP contribution in [0.3, 0.4) is 0 Å². The van der Waals surface area contributed by atoms with Gasteiger partial charge < -0.3 is 5.11 Å². The van der Waals surface area contributed by atoms with Crippen molar-refractivity contribution in [3.8, 4) is 5.75 Å². The first kappa shape index (κ1) is 17.2. The number of nitrogens with one attached hydrogen (secondary N) is 1. The van der Waals surface area contributed by atoms with E-state index >= 15 is 0 Å². The number of phenols is 1. The Balaban J connectivity index is 2.47. The highest BCUT2D eigenvalue weighted by Gasteiger charge is 2.05. The molecule has 0 heterocycles. The molecule has 0 aliphatic heterocycles. The number of hydrazone groups is 1. The van der Waals surface area contributed by atoms with Crippen LogP contribution in [0.15, 0.2) is 26.2 Å². The van der Waals surface area contributed by atoms with Gasteiger partial charge in [-0.25, -0.2) is 5.43 Å². The average Bonchev–Trinajstić information content (AvgIpc) is 2.40. The maximum Gasteiger partial charge on any atom is 0.240 e. The summed E-state index contributed by atoms with van der Waals surface area (Å²) >= 11 is 6.56. The number of carbonyl (C=O) groups is 1. The van der Waals surface area contributed by atoms with Crippen LogP contribution in [0.4, 0.5) is 0 Å². The summed E-state index contributed by atoms with van der Waals surface area (Å²) in [6.45, 7) is 2.13. The minimum atomic E-state index is -0.106. The van der Waals surface area contributed by atoms with E-state index in [1.807, 2.05) is 0 Å². The zero-order valence-electron chi connectivity index (χ0n) is 11.3. The first-order valence-corrected chi connectivity index (χ1v) is 8.13. The smallest absolute Gasteiger partial charge is 0.240 e. The van der Waals surface area contributed by atoms with Crippen LogP contribution in [0.1, 0.15) is 44.6 Å².